The van der Waals surface area contributed by atoms with Crippen molar-refractivity contribution in [1.82, 2.24) is 0 Å². The van der Waals surface area contributed by atoms with Crippen LogP contribution in [0.3, 0.4) is 0 Å². The Labute approximate surface area is 174 Å². The van der Waals surface area contributed by atoms with Crippen LogP contribution in [-0.4, -0.2) is 37.8 Å². The SMILES string of the molecule is COC(=O)C1CCc2sc(NC(=O)COc3cccc(Br)c3)c(C(O)OC)c21. The molecule has 1 aromatic carbocycles. The molecule has 1 aliphatic rings. The van der Waals surface area contributed by atoms with E-state index in [4.69, 9.17) is 14.2 Å². The number of methoxy groups -OCH3 is 2. The van der Waals surface area contributed by atoms with Gasteiger partial charge in [-0.2, -0.15) is 0 Å². The number of nitrogens with one attached hydrogen (secondary N) is 1. The fourth-order valence-corrected chi connectivity index (χ4v) is 4.89. The Hall–Kier alpha value is -1.94. The number of carbonyl (C=O) groups excluding carboxylic acids is 2. The number of amides is 1. The lowest BCUT2D eigenvalue weighted by Crippen LogP contribution is -2.21. The van der Waals surface area contributed by atoms with E-state index < -0.39 is 12.2 Å². The molecular weight excluding hydrogens is 450 g/mol. The van der Waals surface area contributed by atoms with Crippen LogP contribution in [0.4, 0.5) is 5.00 Å². The molecule has 2 N–H and O–H groups in total. The van der Waals surface area contributed by atoms with Crippen LogP contribution in [0.2, 0.25) is 0 Å². The minimum Gasteiger partial charge on any atom is -0.484 e. The molecule has 28 heavy (non-hydrogen) atoms. The van der Waals surface area contributed by atoms with Gasteiger partial charge in [-0.3, -0.25) is 9.59 Å². The molecule has 1 aromatic heterocycles. The van der Waals surface area contributed by atoms with E-state index in [1.54, 1.807) is 18.2 Å². The summed E-state index contributed by atoms with van der Waals surface area (Å²) in [6, 6.07) is 7.17. The fourth-order valence-electron chi connectivity index (χ4n) is 3.20. The minimum atomic E-state index is -1.26. The normalized spacial score (nSPS) is 16.4. The van der Waals surface area contributed by atoms with Gasteiger partial charge in [0, 0.05) is 22.0 Å². The second kappa shape index (κ2) is 9.04. The lowest BCUT2D eigenvalue weighted by atomic mass is 9.99. The quantitative estimate of drug-likeness (QED) is 0.476. The molecule has 1 heterocycles. The Kier molecular flexibility index (Phi) is 6.71. The fraction of sp³-hybridized carbons (Fsp3) is 0.368. The van der Waals surface area contributed by atoms with Gasteiger partial charge in [-0.15, -0.1) is 11.3 Å². The maximum Gasteiger partial charge on any atom is 0.313 e. The third-order valence-corrected chi connectivity index (χ3v) is 6.13. The summed E-state index contributed by atoms with van der Waals surface area (Å²) in [7, 11) is 2.69. The van der Waals surface area contributed by atoms with Crippen molar-refractivity contribution in [3.63, 3.8) is 0 Å². The second-order valence-electron chi connectivity index (χ2n) is 6.18. The highest BCUT2D eigenvalue weighted by molar-refractivity contribution is 9.10. The van der Waals surface area contributed by atoms with Crippen molar-refractivity contribution < 1.29 is 28.9 Å². The summed E-state index contributed by atoms with van der Waals surface area (Å²) in [6.07, 6.45) is 0.0250. The average Bonchev–Trinajstić information content (AvgIpc) is 3.24. The Morgan fingerprint density at radius 1 is 1.39 bits per heavy atom. The third kappa shape index (κ3) is 4.38. The first kappa shape index (κ1) is 20.8. The topological polar surface area (TPSA) is 94.1 Å². The number of halogens is 1. The van der Waals surface area contributed by atoms with E-state index in [9.17, 15) is 14.7 Å². The summed E-state index contributed by atoms with van der Waals surface area (Å²) in [5, 5.41) is 13.6. The minimum absolute atomic E-state index is 0.192. The number of benzene rings is 1. The molecule has 0 aliphatic heterocycles. The van der Waals surface area contributed by atoms with Gasteiger partial charge in [0.2, 0.25) is 0 Å². The van der Waals surface area contributed by atoms with Crippen LogP contribution >= 0.6 is 27.3 Å². The number of hydrogen-bond donors (Lipinski definition) is 2. The van der Waals surface area contributed by atoms with Crippen molar-refractivity contribution in [2.45, 2.75) is 25.0 Å². The summed E-state index contributed by atoms with van der Waals surface area (Å²) in [5.74, 6) is -0.656. The van der Waals surface area contributed by atoms with Crippen molar-refractivity contribution in [1.29, 1.82) is 0 Å². The average molecular weight is 470 g/mol. The molecule has 0 fully saturated rings. The maximum atomic E-state index is 12.4. The highest BCUT2D eigenvalue weighted by Crippen LogP contribution is 2.48. The number of aliphatic hydroxyl groups is 1. The lowest BCUT2D eigenvalue weighted by molar-refractivity contribution is -0.142. The highest BCUT2D eigenvalue weighted by atomic mass is 79.9. The Bertz CT molecular complexity index is 883. The van der Waals surface area contributed by atoms with E-state index in [1.165, 1.54) is 25.6 Å². The van der Waals surface area contributed by atoms with E-state index in [2.05, 4.69) is 21.2 Å². The van der Waals surface area contributed by atoms with Crippen molar-refractivity contribution in [2.24, 2.45) is 0 Å². The molecule has 7 nitrogen and oxygen atoms in total. The Morgan fingerprint density at radius 2 is 2.18 bits per heavy atom. The van der Waals surface area contributed by atoms with Gasteiger partial charge < -0.3 is 24.6 Å². The van der Waals surface area contributed by atoms with E-state index in [1.807, 2.05) is 6.07 Å². The predicted molar refractivity (Wildman–Crippen MR) is 108 cm³/mol. The zero-order valence-electron chi connectivity index (χ0n) is 15.4. The standard InChI is InChI=1S/C19H20BrNO6S/c1-25-18(23)12-6-7-13-15(12)16(19(24)26-2)17(28-13)21-14(22)9-27-11-5-3-4-10(20)8-11/h3-5,8,12,19,24H,6-7,9H2,1-2H3,(H,21,22). The van der Waals surface area contributed by atoms with Crippen LogP contribution in [-0.2, 0) is 25.5 Å². The first-order valence-corrected chi connectivity index (χ1v) is 10.2. The summed E-state index contributed by atoms with van der Waals surface area (Å²) in [4.78, 5) is 25.4. The zero-order valence-corrected chi connectivity index (χ0v) is 17.8. The van der Waals surface area contributed by atoms with Gasteiger partial charge in [-0.25, -0.2) is 0 Å². The molecular formula is C19H20BrNO6S. The molecule has 0 spiro atoms. The van der Waals surface area contributed by atoms with E-state index in [0.717, 1.165) is 9.35 Å². The summed E-state index contributed by atoms with van der Waals surface area (Å²) < 4.78 is 16.3. The van der Waals surface area contributed by atoms with Gasteiger partial charge in [0.1, 0.15) is 10.8 Å². The number of fused-ring (bicyclic) bond motifs is 1. The first-order valence-electron chi connectivity index (χ1n) is 8.57. The third-order valence-electron chi connectivity index (χ3n) is 4.44. The van der Waals surface area contributed by atoms with Gasteiger partial charge in [-0.05, 0) is 36.6 Å². The number of aryl methyl sites for hydroxylation is 1. The van der Waals surface area contributed by atoms with Crippen LogP contribution in [0, 0.1) is 0 Å². The lowest BCUT2D eigenvalue weighted by Gasteiger charge is -2.16. The Balaban J connectivity index is 1.78. The monoisotopic (exact) mass is 469 g/mol. The van der Waals surface area contributed by atoms with Gasteiger partial charge in [0.15, 0.2) is 12.9 Å². The second-order valence-corrected chi connectivity index (χ2v) is 8.20. The molecule has 0 saturated heterocycles. The van der Waals surface area contributed by atoms with Crippen LogP contribution in [0.5, 0.6) is 5.75 Å². The molecule has 0 radical (unpaired) electrons. The van der Waals surface area contributed by atoms with Crippen molar-refractivity contribution >= 4 is 44.1 Å². The van der Waals surface area contributed by atoms with E-state index in [0.29, 0.717) is 34.7 Å². The van der Waals surface area contributed by atoms with Crippen molar-refractivity contribution in [3.8, 4) is 5.75 Å². The molecule has 1 aliphatic carbocycles. The number of esters is 1. The molecule has 2 aromatic rings. The first-order chi connectivity index (χ1) is 13.4. The smallest absolute Gasteiger partial charge is 0.313 e. The summed E-state index contributed by atoms with van der Waals surface area (Å²) in [6.45, 7) is -0.192. The molecule has 150 valence electrons. The molecule has 2 unspecified atom stereocenters. The van der Waals surface area contributed by atoms with Crippen LogP contribution in [0.25, 0.3) is 0 Å². The number of carbonyl (C=O) groups is 2. The molecule has 9 heteroatoms. The van der Waals surface area contributed by atoms with Gasteiger partial charge in [-0.1, -0.05) is 22.0 Å². The van der Waals surface area contributed by atoms with Crippen LogP contribution in [0.15, 0.2) is 28.7 Å². The van der Waals surface area contributed by atoms with Crippen LogP contribution in [0.1, 0.15) is 34.6 Å². The largest absolute Gasteiger partial charge is 0.484 e. The summed E-state index contributed by atoms with van der Waals surface area (Å²) in [5.41, 5.74) is 1.10. The molecule has 2 atom stereocenters. The number of thiophene rings is 1. The predicted octanol–water partition coefficient (Wildman–Crippen LogP) is 3.37. The van der Waals surface area contributed by atoms with Crippen LogP contribution < -0.4 is 10.1 Å². The molecule has 3 rings (SSSR count). The summed E-state index contributed by atoms with van der Waals surface area (Å²) >= 11 is 4.68. The van der Waals surface area contributed by atoms with E-state index in [-0.39, 0.29) is 18.5 Å². The van der Waals surface area contributed by atoms with Crippen molar-refractivity contribution in [3.05, 3.63) is 44.7 Å². The van der Waals surface area contributed by atoms with Gasteiger partial charge >= 0.3 is 5.97 Å². The van der Waals surface area contributed by atoms with Gasteiger partial charge in [0.05, 0.1) is 13.0 Å². The number of rotatable bonds is 7. The van der Waals surface area contributed by atoms with E-state index >= 15 is 0 Å². The molecule has 0 bridgehead atoms. The number of anilines is 1. The molecule has 1 amide bonds. The number of hydrogen-bond acceptors (Lipinski definition) is 7. The van der Waals surface area contributed by atoms with Gasteiger partial charge in [0.25, 0.3) is 5.91 Å². The molecule has 0 saturated carbocycles. The highest BCUT2D eigenvalue weighted by Gasteiger charge is 2.37. The number of aliphatic hydroxyl groups excluding tert-OH is 1. The van der Waals surface area contributed by atoms with Crippen molar-refractivity contribution in [2.75, 3.05) is 26.1 Å². The maximum absolute atomic E-state index is 12.4. The Morgan fingerprint density at radius 3 is 2.86 bits per heavy atom. The number of ether oxygens (including phenoxy) is 3. The zero-order chi connectivity index (χ0) is 20.3.